The minimum absolute atomic E-state index is 0.0586. The van der Waals surface area contributed by atoms with Crippen LogP contribution in [0.25, 0.3) is 0 Å². The van der Waals surface area contributed by atoms with Crippen molar-refractivity contribution >= 4 is 17.4 Å². The van der Waals surface area contributed by atoms with E-state index in [1.807, 2.05) is 19.1 Å². The first-order valence-corrected chi connectivity index (χ1v) is 6.08. The molecular weight excluding hydrogens is 238 g/mol. The summed E-state index contributed by atoms with van der Waals surface area (Å²) in [6.45, 7) is 5.54. The van der Waals surface area contributed by atoms with Crippen LogP contribution in [0.3, 0.4) is 0 Å². The van der Waals surface area contributed by atoms with Gasteiger partial charge in [-0.25, -0.2) is 4.99 Å². The highest BCUT2D eigenvalue weighted by molar-refractivity contribution is 6.25. The summed E-state index contributed by atoms with van der Waals surface area (Å²) in [5.74, 6) is -0.346. The van der Waals surface area contributed by atoms with Crippen LogP contribution in [-0.2, 0) is 4.79 Å². The Morgan fingerprint density at radius 1 is 0.947 bits per heavy atom. The Kier molecular flexibility index (Phi) is 3.56. The monoisotopic (exact) mass is 253 g/mol. The van der Waals surface area contributed by atoms with Gasteiger partial charge in [0, 0.05) is 5.56 Å². The van der Waals surface area contributed by atoms with Crippen molar-refractivity contribution in [2.45, 2.75) is 20.8 Å². The first-order chi connectivity index (χ1) is 8.97. The lowest BCUT2D eigenvalue weighted by atomic mass is 9.97. The summed E-state index contributed by atoms with van der Waals surface area (Å²) in [6.07, 6.45) is 2.99. The summed E-state index contributed by atoms with van der Waals surface area (Å²) in [4.78, 5) is 27.5. The largest absolute Gasteiger partial charge is 0.290 e. The van der Waals surface area contributed by atoms with Crippen LogP contribution in [0.15, 0.2) is 52.6 Å². The Morgan fingerprint density at radius 2 is 1.47 bits per heavy atom. The molecule has 0 unspecified atom stereocenters. The molecule has 0 fully saturated rings. The lowest BCUT2D eigenvalue weighted by molar-refractivity contribution is -0.110. The Bertz CT molecular complexity index is 607. The van der Waals surface area contributed by atoms with Crippen LogP contribution >= 0.6 is 0 Å². The smallest absolute Gasteiger partial charge is 0.277 e. The van der Waals surface area contributed by atoms with Crippen LogP contribution in [0, 0.1) is 6.92 Å². The third kappa shape index (κ3) is 2.94. The lowest BCUT2D eigenvalue weighted by Crippen LogP contribution is -2.13. The van der Waals surface area contributed by atoms with Crippen LogP contribution in [0.2, 0.25) is 0 Å². The fourth-order valence-corrected chi connectivity index (χ4v) is 1.95. The van der Waals surface area contributed by atoms with Gasteiger partial charge in [-0.3, -0.25) is 9.59 Å². The van der Waals surface area contributed by atoms with Gasteiger partial charge >= 0.3 is 0 Å². The van der Waals surface area contributed by atoms with E-state index in [9.17, 15) is 9.59 Å². The number of hydrogen-bond donors (Lipinski definition) is 0. The average Bonchev–Trinajstić information content (AvgIpc) is 2.34. The van der Waals surface area contributed by atoms with E-state index in [2.05, 4.69) is 4.99 Å². The van der Waals surface area contributed by atoms with Gasteiger partial charge in [-0.05, 0) is 56.2 Å². The Hall–Kier alpha value is -2.29. The Morgan fingerprint density at radius 3 is 2.00 bits per heavy atom. The van der Waals surface area contributed by atoms with Gasteiger partial charge in [-0.1, -0.05) is 17.7 Å². The van der Waals surface area contributed by atoms with Crippen molar-refractivity contribution in [2.75, 3.05) is 0 Å². The molecule has 0 spiro atoms. The molecule has 0 aliphatic heterocycles. The number of rotatable bonds is 1. The first-order valence-electron chi connectivity index (χ1n) is 6.08. The van der Waals surface area contributed by atoms with Crippen molar-refractivity contribution < 1.29 is 9.59 Å². The number of aryl methyl sites for hydroxylation is 1. The molecule has 0 atom stereocenters. The molecule has 1 amide bonds. The molecule has 0 aromatic heterocycles. The van der Waals surface area contributed by atoms with E-state index in [4.69, 9.17) is 0 Å². The number of benzene rings is 1. The molecule has 1 aliphatic rings. The topological polar surface area (TPSA) is 46.5 Å². The van der Waals surface area contributed by atoms with Gasteiger partial charge in [0.15, 0.2) is 5.78 Å². The molecule has 0 N–H and O–H groups in total. The second kappa shape index (κ2) is 5.14. The fourth-order valence-electron chi connectivity index (χ4n) is 1.95. The van der Waals surface area contributed by atoms with Crippen LogP contribution in [-0.4, -0.2) is 17.4 Å². The third-order valence-corrected chi connectivity index (χ3v) is 2.98. The maximum Gasteiger partial charge on any atom is 0.277 e. The standard InChI is InChI=1S/C16H15NO2/c1-10-4-6-13(7-5-10)16(19)17-15-11(2)8-14(18)9-12(15)3/h4-9H,1-3H3. The molecule has 0 saturated heterocycles. The van der Waals surface area contributed by atoms with Gasteiger partial charge in [0.05, 0.1) is 5.71 Å². The molecule has 0 radical (unpaired) electrons. The highest BCUT2D eigenvalue weighted by atomic mass is 16.1. The van der Waals surface area contributed by atoms with Gasteiger partial charge < -0.3 is 0 Å². The van der Waals surface area contributed by atoms with Crippen molar-refractivity contribution in [3.05, 3.63) is 58.7 Å². The normalized spacial score (nSPS) is 14.9. The summed E-state index contributed by atoms with van der Waals surface area (Å²) < 4.78 is 0. The van der Waals surface area contributed by atoms with E-state index >= 15 is 0 Å². The quantitative estimate of drug-likeness (QED) is 0.722. The molecule has 2 rings (SSSR count). The van der Waals surface area contributed by atoms with Crippen LogP contribution in [0.1, 0.15) is 29.8 Å². The van der Waals surface area contributed by atoms with Gasteiger partial charge in [-0.2, -0.15) is 0 Å². The summed E-state index contributed by atoms with van der Waals surface area (Å²) >= 11 is 0. The van der Waals surface area contributed by atoms with E-state index in [0.29, 0.717) is 11.3 Å². The molecule has 3 heteroatoms. The van der Waals surface area contributed by atoms with Crippen molar-refractivity contribution in [3.63, 3.8) is 0 Å². The zero-order valence-corrected chi connectivity index (χ0v) is 11.2. The zero-order chi connectivity index (χ0) is 14.0. The van der Waals surface area contributed by atoms with Crippen molar-refractivity contribution in [1.29, 1.82) is 0 Å². The van der Waals surface area contributed by atoms with E-state index in [0.717, 1.165) is 16.7 Å². The molecule has 3 nitrogen and oxygen atoms in total. The van der Waals surface area contributed by atoms with Crippen molar-refractivity contribution in [1.82, 2.24) is 0 Å². The Labute approximate surface area is 112 Å². The predicted octanol–water partition coefficient (Wildman–Crippen LogP) is 3.05. The number of carbonyl (C=O) groups excluding carboxylic acids is 2. The second-order valence-electron chi connectivity index (χ2n) is 4.69. The minimum atomic E-state index is -0.287. The number of ketones is 1. The minimum Gasteiger partial charge on any atom is -0.290 e. The molecule has 96 valence electrons. The van der Waals surface area contributed by atoms with Crippen LogP contribution in [0.5, 0.6) is 0 Å². The fraction of sp³-hybridized carbons (Fsp3) is 0.188. The van der Waals surface area contributed by atoms with E-state index in [-0.39, 0.29) is 11.7 Å². The van der Waals surface area contributed by atoms with Crippen LogP contribution < -0.4 is 0 Å². The van der Waals surface area contributed by atoms with E-state index in [1.165, 1.54) is 12.2 Å². The zero-order valence-electron chi connectivity index (χ0n) is 11.2. The molecule has 0 saturated carbocycles. The molecule has 0 heterocycles. The summed E-state index contributed by atoms with van der Waals surface area (Å²) in [5.41, 5.74) is 3.69. The first kappa shape index (κ1) is 13.1. The van der Waals surface area contributed by atoms with E-state index < -0.39 is 0 Å². The summed E-state index contributed by atoms with van der Waals surface area (Å²) in [5, 5.41) is 0. The molecule has 1 aromatic carbocycles. The Balaban J connectivity index is 2.33. The number of amides is 1. The lowest BCUT2D eigenvalue weighted by Gasteiger charge is -2.11. The molecule has 19 heavy (non-hydrogen) atoms. The maximum absolute atomic E-state index is 12.1. The van der Waals surface area contributed by atoms with Gasteiger partial charge in [-0.15, -0.1) is 0 Å². The van der Waals surface area contributed by atoms with Crippen LogP contribution in [0.4, 0.5) is 0 Å². The number of nitrogens with zero attached hydrogens (tertiary/aromatic N) is 1. The molecule has 0 bridgehead atoms. The highest BCUT2D eigenvalue weighted by Gasteiger charge is 2.15. The maximum atomic E-state index is 12.1. The average molecular weight is 253 g/mol. The number of carbonyl (C=O) groups is 2. The highest BCUT2D eigenvalue weighted by Crippen LogP contribution is 2.15. The van der Waals surface area contributed by atoms with Gasteiger partial charge in [0.25, 0.3) is 5.91 Å². The van der Waals surface area contributed by atoms with Gasteiger partial charge in [0.1, 0.15) is 0 Å². The van der Waals surface area contributed by atoms with Crippen molar-refractivity contribution in [2.24, 2.45) is 4.99 Å². The number of hydrogen-bond acceptors (Lipinski definition) is 2. The molecule has 1 aromatic rings. The SMILES string of the molecule is CC1=CC(=O)C=C(C)C1=NC(=O)c1ccc(C)cc1. The summed E-state index contributed by atoms with van der Waals surface area (Å²) in [7, 11) is 0. The molecular formula is C16H15NO2. The predicted molar refractivity (Wildman–Crippen MR) is 75.5 cm³/mol. The van der Waals surface area contributed by atoms with Gasteiger partial charge in [0.2, 0.25) is 0 Å². The van der Waals surface area contributed by atoms with E-state index in [1.54, 1.807) is 26.0 Å². The summed E-state index contributed by atoms with van der Waals surface area (Å²) in [6, 6.07) is 7.27. The number of allylic oxidation sites excluding steroid dienone is 4. The second-order valence-corrected chi connectivity index (χ2v) is 4.69. The number of aliphatic imine (C=N–C) groups is 1. The third-order valence-electron chi connectivity index (χ3n) is 2.98. The molecule has 1 aliphatic carbocycles. The van der Waals surface area contributed by atoms with Crippen molar-refractivity contribution in [3.8, 4) is 0 Å².